The number of hydrogen-bond donors (Lipinski definition) is 1. The van der Waals surface area contributed by atoms with E-state index in [2.05, 4.69) is 18.8 Å². The van der Waals surface area contributed by atoms with Crippen molar-refractivity contribution in [2.45, 2.75) is 13.8 Å². The zero-order valence-electron chi connectivity index (χ0n) is 12.3. The third kappa shape index (κ3) is 2.84. The summed E-state index contributed by atoms with van der Waals surface area (Å²) in [5.74, 6) is 1.37. The maximum absolute atomic E-state index is 5.74. The van der Waals surface area contributed by atoms with Crippen molar-refractivity contribution >= 4 is 16.7 Å². The Morgan fingerprint density at radius 1 is 1.14 bits per heavy atom. The van der Waals surface area contributed by atoms with Crippen LogP contribution in [0.25, 0.3) is 16.7 Å². The zero-order chi connectivity index (χ0) is 14.8. The smallest absolute Gasteiger partial charge is 0.121 e. The van der Waals surface area contributed by atoms with Crippen molar-refractivity contribution in [3.05, 3.63) is 48.8 Å². The summed E-state index contributed by atoms with van der Waals surface area (Å²) >= 11 is 0. The molecule has 1 aromatic heterocycles. The van der Waals surface area contributed by atoms with Gasteiger partial charge in [-0.05, 0) is 42.3 Å². The first-order valence-corrected chi connectivity index (χ1v) is 7.09. The van der Waals surface area contributed by atoms with Crippen molar-refractivity contribution in [2.24, 2.45) is 5.92 Å². The minimum Gasteiger partial charge on any atom is -0.493 e. The second kappa shape index (κ2) is 5.48. The van der Waals surface area contributed by atoms with E-state index in [0.717, 1.165) is 28.2 Å². The van der Waals surface area contributed by atoms with Crippen molar-refractivity contribution < 1.29 is 4.74 Å². The van der Waals surface area contributed by atoms with Gasteiger partial charge in [-0.15, -0.1) is 0 Å². The third-order valence-corrected chi connectivity index (χ3v) is 3.27. The number of benzene rings is 2. The molecule has 3 rings (SSSR count). The van der Waals surface area contributed by atoms with Gasteiger partial charge in [-0.3, -0.25) is 4.57 Å². The number of hydrogen-bond acceptors (Lipinski definition) is 3. The molecular formula is C17H19N3O. The van der Waals surface area contributed by atoms with Crippen LogP contribution in [0.3, 0.4) is 0 Å². The molecule has 0 saturated carbocycles. The van der Waals surface area contributed by atoms with E-state index in [-0.39, 0.29) is 0 Å². The molecule has 3 aromatic rings. The Balaban J connectivity index is 1.94. The van der Waals surface area contributed by atoms with E-state index in [1.807, 2.05) is 53.4 Å². The largest absolute Gasteiger partial charge is 0.493 e. The maximum atomic E-state index is 5.74. The van der Waals surface area contributed by atoms with Crippen LogP contribution in [-0.2, 0) is 0 Å². The average Bonchev–Trinajstić information content (AvgIpc) is 2.89. The first-order chi connectivity index (χ1) is 10.1. The predicted octanol–water partition coefficient (Wildman–Crippen LogP) is 3.64. The summed E-state index contributed by atoms with van der Waals surface area (Å²) in [6.07, 6.45) is 1.82. The highest BCUT2D eigenvalue weighted by atomic mass is 16.5. The molecule has 0 aliphatic rings. The second-order valence-corrected chi connectivity index (χ2v) is 5.56. The van der Waals surface area contributed by atoms with Crippen LogP contribution in [0.4, 0.5) is 5.69 Å². The molecule has 0 aliphatic carbocycles. The Bertz CT molecular complexity index is 744. The first-order valence-electron chi connectivity index (χ1n) is 7.09. The van der Waals surface area contributed by atoms with Gasteiger partial charge >= 0.3 is 0 Å². The molecule has 0 saturated heterocycles. The fourth-order valence-corrected chi connectivity index (χ4v) is 2.19. The van der Waals surface area contributed by atoms with Crippen LogP contribution >= 0.6 is 0 Å². The summed E-state index contributed by atoms with van der Waals surface area (Å²) in [6.45, 7) is 4.98. The van der Waals surface area contributed by atoms with Crippen LogP contribution in [-0.4, -0.2) is 16.2 Å². The number of rotatable bonds is 4. The van der Waals surface area contributed by atoms with Gasteiger partial charge in [0.05, 0.1) is 17.6 Å². The molecule has 21 heavy (non-hydrogen) atoms. The Labute approximate surface area is 124 Å². The van der Waals surface area contributed by atoms with Crippen molar-refractivity contribution in [3.8, 4) is 11.4 Å². The van der Waals surface area contributed by atoms with Gasteiger partial charge in [0.1, 0.15) is 12.1 Å². The highest BCUT2D eigenvalue weighted by molar-refractivity contribution is 5.79. The number of imidazole rings is 1. The van der Waals surface area contributed by atoms with Gasteiger partial charge in [-0.25, -0.2) is 4.98 Å². The van der Waals surface area contributed by atoms with Crippen molar-refractivity contribution in [2.75, 3.05) is 12.3 Å². The quantitative estimate of drug-likeness (QED) is 0.743. The number of nitrogens with zero attached hydrogens (tertiary/aromatic N) is 2. The highest BCUT2D eigenvalue weighted by Gasteiger charge is 2.06. The second-order valence-electron chi connectivity index (χ2n) is 5.56. The molecule has 2 N–H and O–H groups in total. The van der Waals surface area contributed by atoms with E-state index in [0.29, 0.717) is 12.5 Å². The molecule has 0 radical (unpaired) electrons. The number of aromatic nitrogens is 2. The maximum Gasteiger partial charge on any atom is 0.121 e. The monoisotopic (exact) mass is 281 g/mol. The van der Waals surface area contributed by atoms with Crippen LogP contribution in [0.1, 0.15) is 13.8 Å². The average molecular weight is 281 g/mol. The van der Waals surface area contributed by atoms with E-state index in [1.165, 1.54) is 0 Å². The molecule has 4 heteroatoms. The molecule has 0 aliphatic heterocycles. The Hall–Kier alpha value is -2.49. The molecule has 0 bridgehead atoms. The predicted molar refractivity (Wildman–Crippen MR) is 85.8 cm³/mol. The molecule has 0 spiro atoms. The van der Waals surface area contributed by atoms with Gasteiger partial charge in [-0.2, -0.15) is 0 Å². The molecule has 2 aromatic carbocycles. The van der Waals surface area contributed by atoms with Crippen molar-refractivity contribution in [3.63, 3.8) is 0 Å². The lowest BCUT2D eigenvalue weighted by Gasteiger charge is -2.09. The van der Waals surface area contributed by atoms with Gasteiger partial charge in [-0.1, -0.05) is 13.8 Å². The molecular weight excluding hydrogens is 262 g/mol. The van der Waals surface area contributed by atoms with Gasteiger partial charge < -0.3 is 10.5 Å². The number of fused-ring (bicyclic) bond motifs is 1. The van der Waals surface area contributed by atoms with Gasteiger partial charge in [0.15, 0.2) is 0 Å². The van der Waals surface area contributed by atoms with Gasteiger partial charge in [0, 0.05) is 17.4 Å². The molecule has 0 unspecified atom stereocenters. The van der Waals surface area contributed by atoms with Crippen LogP contribution in [0.2, 0.25) is 0 Å². The first kappa shape index (κ1) is 13.5. The van der Waals surface area contributed by atoms with E-state index < -0.39 is 0 Å². The summed E-state index contributed by atoms with van der Waals surface area (Å²) in [7, 11) is 0. The Morgan fingerprint density at radius 3 is 2.62 bits per heavy atom. The number of nitrogen functional groups attached to an aromatic ring is 1. The van der Waals surface area contributed by atoms with Crippen LogP contribution in [0, 0.1) is 5.92 Å². The molecule has 1 heterocycles. The van der Waals surface area contributed by atoms with Gasteiger partial charge in [0.2, 0.25) is 0 Å². The summed E-state index contributed by atoms with van der Waals surface area (Å²) < 4.78 is 7.78. The molecule has 0 atom stereocenters. The summed E-state index contributed by atoms with van der Waals surface area (Å²) in [6, 6.07) is 13.8. The normalized spacial score (nSPS) is 11.2. The van der Waals surface area contributed by atoms with E-state index in [1.54, 1.807) is 0 Å². The standard InChI is InChI=1S/C17H19N3O/c1-12(2)10-21-15-7-8-17-16(9-15)19-11-20(17)14-5-3-13(18)4-6-14/h3-9,11-12H,10,18H2,1-2H3. The SMILES string of the molecule is CC(C)COc1ccc2c(c1)ncn2-c1ccc(N)cc1. The third-order valence-electron chi connectivity index (χ3n) is 3.27. The van der Waals surface area contributed by atoms with Crippen LogP contribution in [0.5, 0.6) is 5.75 Å². The fourth-order valence-electron chi connectivity index (χ4n) is 2.19. The van der Waals surface area contributed by atoms with E-state index in [9.17, 15) is 0 Å². The minimum absolute atomic E-state index is 0.507. The molecule has 0 amide bonds. The lowest BCUT2D eigenvalue weighted by Crippen LogP contribution is -2.04. The molecule has 4 nitrogen and oxygen atoms in total. The lowest BCUT2D eigenvalue weighted by atomic mass is 10.2. The van der Waals surface area contributed by atoms with Crippen molar-refractivity contribution in [1.82, 2.24) is 9.55 Å². The zero-order valence-corrected chi connectivity index (χ0v) is 12.3. The Morgan fingerprint density at radius 2 is 1.90 bits per heavy atom. The Kier molecular flexibility index (Phi) is 3.52. The van der Waals surface area contributed by atoms with Crippen LogP contribution < -0.4 is 10.5 Å². The minimum atomic E-state index is 0.507. The van der Waals surface area contributed by atoms with E-state index in [4.69, 9.17) is 10.5 Å². The number of nitrogens with two attached hydrogens (primary N) is 1. The lowest BCUT2D eigenvalue weighted by molar-refractivity contribution is 0.271. The topological polar surface area (TPSA) is 53.1 Å². The summed E-state index contributed by atoms with van der Waals surface area (Å²) in [4.78, 5) is 4.46. The number of ether oxygens (including phenoxy) is 1. The van der Waals surface area contributed by atoms with Crippen LogP contribution in [0.15, 0.2) is 48.8 Å². The number of anilines is 1. The molecule has 108 valence electrons. The van der Waals surface area contributed by atoms with Crippen molar-refractivity contribution in [1.29, 1.82) is 0 Å². The molecule has 0 fully saturated rings. The van der Waals surface area contributed by atoms with E-state index >= 15 is 0 Å². The summed E-state index contributed by atoms with van der Waals surface area (Å²) in [5.41, 5.74) is 9.51. The summed E-state index contributed by atoms with van der Waals surface area (Å²) in [5, 5.41) is 0. The highest BCUT2D eigenvalue weighted by Crippen LogP contribution is 2.23. The van der Waals surface area contributed by atoms with Gasteiger partial charge in [0.25, 0.3) is 0 Å². The fraction of sp³-hybridized carbons (Fsp3) is 0.235.